The first-order chi connectivity index (χ1) is 10.2. The number of hydrogen-bond acceptors (Lipinski definition) is 3. The lowest BCUT2D eigenvalue weighted by atomic mass is 9.96. The first-order valence-electron chi connectivity index (χ1n) is 8.16. The number of aryl methyl sites for hydroxylation is 2. The monoisotopic (exact) mass is 290 g/mol. The maximum Gasteiger partial charge on any atom is 0.0587 e. The van der Waals surface area contributed by atoms with Crippen molar-refractivity contribution in [2.24, 2.45) is 5.92 Å². The van der Waals surface area contributed by atoms with Gasteiger partial charge in [-0.3, -0.25) is 4.90 Å². The van der Waals surface area contributed by atoms with Crippen LogP contribution in [-0.2, 0) is 11.3 Å². The van der Waals surface area contributed by atoms with Gasteiger partial charge in [-0.1, -0.05) is 29.3 Å². The fourth-order valence-electron chi connectivity index (χ4n) is 3.25. The van der Waals surface area contributed by atoms with Crippen molar-refractivity contribution in [3.05, 3.63) is 34.9 Å². The largest absolute Gasteiger partial charge is 0.383 e. The summed E-state index contributed by atoms with van der Waals surface area (Å²) in [5, 5.41) is 3.49. The van der Waals surface area contributed by atoms with Gasteiger partial charge in [-0.05, 0) is 57.8 Å². The minimum atomic E-state index is 0.811. The van der Waals surface area contributed by atoms with Gasteiger partial charge in [0.1, 0.15) is 0 Å². The van der Waals surface area contributed by atoms with Crippen molar-refractivity contribution in [1.82, 2.24) is 10.2 Å². The number of likely N-dealkylation sites (tertiary alicyclic amines) is 1. The molecule has 3 heteroatoms. The summed E-state index contributed by atoms with van der Waals surface area (Å²) in [5.74, 6) is 0.831. The number of piperidine rings is 1. The molecule has 1 fully saturated rings. The molecule has 1 saturated heterocycles. The third-order valence-corrected chi connectivity index (χ3v) is 4.31. The average molecular weight is 290 g/mol. The molecule has 0 atom stereocenters. The Kier molecular flexibility index (Phi) is 6.68. The van der Waals surface area contributed by atoms with Gasteiger partial charge in [0.15, 0.2) is 0 Å². The molecule has 1 N–H and O–H groups in total. The Morgan fingerprint density at radius 2 is 1.81 bits per heavy atom. The van der Waals surface area contributed by atoms with Crippen LogP contribution in [-0.4, -0.2) is 44.8 Å². The van der Waals surface area contributed by atoms with Crippen molar-refractivity contribution in [2.75, 3.05) is 39.9 Å². The van der Waals surface area contributed by atoms with Crippen LogP contribution in [0.15, 0.2) is 18.2 Å². The van der Waals surface area contributed by atoms with E-state index < -0.39 is 0 Å². The summed E-state index contributed by atoms with van der Waals surface area (Å²) < 4.78 is 5.06. The van der Waals surface area contributed by atoms with Crippen LogP contribution in [0.4, 0.5) is 0 Å². The van der Waals surface area contributed by atoms with E-state index in [0.29, 0.717) is 0 Å². The number of ether oxygens (including phenoxy) is 1. The van der Waals surface area contributed by atoms with Crippen molar-refractivity contribution in [2.45, 2.75) is 33.2 Å². The highest BCUT2D eigenvalue weighted by molar-refractivity contribution is 5.28. The zero-order valence-electron chi connectivity index (χ0n) is 13.8. The minimum Gasteiger partial charge on any atom is -0.383 e. The molecule has 1 aromatic carbocycles. The molecule has 0 spiro atoms. The Labute approximate surface area is 129 Å². The molecule has 0 unspecified atom stereocenters. The topological polar surface area (TPSA) is 24.5 Å². The quantitative estimate of drug-likeness (QED) is 0.782. The summed E-state index contributed by atoms with van der Waals surface area (Å²) in [4.78, 5) is 2.60. The zero-order chi connectivity index (χ0) is 15.1. The van der Waals surface area contributed by atoms with E-state index in [1.807, 2.05) is 0 Å². The van der Waals surface area contributed by atoms with Gasteiger partial charge < -0.3 is 10.1 Å². The normalized spacial score (nSPS) is 17.3. The molecule has 2 rings (SSSR count). The molecule has 0 amide bonds. The van der Waals surface area contributed by atoms with Gasteiger partial charge in [0, 0.05) is 20.2 Å². The minimum absolute atomic E-state index is 0.811. The third kappa shape index (κ3) is 5.77. The number of benzene rings is 1. The van der Waals surface area contributed by atoms with E-state index in [-0.39, 0.29) is 0 Å². The first kappa shape index (κ1) is 16.5. The van der Waals surface area contributed by atoms with Crippen LogP contribution in [0, 0.1) is 19.8 Å². The average Bonchev–Trinajstić information content (AvgIpc) is 2.44. The predicted molar refractivity (Wildman–Crippen MR) is 88.7 cm³/mol. The molecular weight excluding hydrogens is 260 g/mol. The number of rotatable bonds is 7. The second kappa shape index (κ2) is 8.52. The van der Waals surface area contributed by atoms with Gasteiger partial charge in [-0.2, -0.15) is 0 Å². The Bertz CT molecular complexity index is 405. The van der Waals surface area contributed by atoms with E-state index in [2.05, 4.69) is 42.3 Å². The molecule has 0 aliphatic carbocycles. The maximum atomic E-state index is 5.06. The van der Waals surface area contributed by atoms with Crippen molar-refractivity contribution in [3.8, 4) is 0 Å². The number of methoxy groups -OCH3 is 1. The Balaban J connectivity index is 1.71. The molecule has 1 aliphatic rings. The number of nitrogens with zero attached hydrogens (tertiary/aromatic N) is 1. The molecule has 21 heavy (non-hydrogen) atoms. The molecular formula is C18H30N2O. The van der Waals surface area contributed by atoms with Gasteiger partial charge in [0.2, 0.25) is 0 Å². The van der Waals surface area contributed by atoms with Gasteiger partial charge in [0.25, 0.3) is 0 Å². The summed E-state index contributed by atoms with van der Waals surface area (Å²) in [5.41, 5.74) is 4.22. The van der Waals surface area contributed by atoms with Crippen LogP contribution in [0.3, 0.4) is 0 Å². The SMILES string of the molecule is COCCNCC1CCN(Cc2cc(C)cc(C)c2)CC1. The molecule has 1 heterocycles. The van der Waals surface area contributed by atoms with E-state index in [1.54, 1.807) is 7.11 Å². The fraction of sp³-hybridized carbons (Fsp3) is 0.667. The fourth-order valence-corrected chi connectivity index (χ4v) is 3.25. The van der Waals surface area contributed by atoms with Gasteiger partial charge >= 0.3 is 0 Å². The number of hydrogen-bond donors (Lipinski definition) is 1. The van der Waals surface area contributed by atoms with Gasteiger partial charge in [-0.25, -0.2) is 0 Å². The molecule has 0 bridgehead atoms. The second-order valence-corrected chi connectivity index (χ2v) is 6.41. The molecule has 0 aromatic heterocycles. The van der Waals surface area contributed by atoms with Gasteiger partial charge in [-0.15, -0.1) is 0 Å². The van der Waals surface area contributed by atoms with E-state index in [4.69, 9.17) is 4.74 Å². The van der Waals surface area contributed by atoms with Crippen LogP contribution in [0.2, 0.25) is 0 Å². The Morgan fingerprint density at radius 3 is 2.43 bits per heavy atom. The van der Waals surface area contributed by atoms with E-state index >= 15 is 0 Å². The highest BCUT2D eigenvalue weighted by Crippen LogP contribution is 2.19. The lowest BCUT2D eigenvalue weighted by molar-refractivity contribution is 0.168. The number of nitrogens with one attached hydrogen (secondary N) is 1. The first-order valence-corrected chi connectivity index (χ1v) is 8.16. The van der Waals surface area contributed by atoms with Crippen LogP contribution in [0.1, 0.15) is 29.5 Å². The molecule has 1 aromatic rings. The standard InChI is InChI=1S/C18H30N2O/c1-15-10-16(2)12-18(11-15)14-20-7-4-17(5-8-20)13-19-6-9-21-3/h10-12,17,19H,4-9,13-14H2,1-3H3. The molecule has 1 aliphatic heterocycles. The smallest absolute Gasteiger partial charge is 0.0587 e. The highest BCUT2D eigenvalue weighted by atomic mass is 16.5. The summed E-state index contributed by atoms with van der Waals surface area (Å²) in [6.07, 6.45) is 2.62. The molecule has 0 saturated carbocycles. The summed E-state index contributed by atoms with van der Waals surface area (Å²) >= 11 is 0. The molecule has 0 radical (unpaired) electrons. The second-order valence-electron chi connectivity index (χ2n) is 6.41. The summed E-state index contributed by atoms with van der Waals surface area (Å²) in [7, 11) is 1.76. The summed E-state index contributed by atoms with van der Waals surface area (Å²) in [6.45, 7) is 10.9. The van der Waals surface area contributed by atoms with E-state index in [9.17, 15) is 0 Å². The van der Waals surface area contributed by atoms with Crippen molar-refractivity contribution in [1.29, 1.82) is 0 Å². The Hall–Kier alpha value is -0.900. The van der Waals surface area contributed by atoms with Crippen LogP contribution in [0.5, 0.6) is 0 Å². The van der Waals surface area contributed by atoms with Crippen LogP contribution in [0.25, 0.3) is 0 Å². The lowest BCUT2D eigenvalue weighted by Crippen LogP contribution is -2.37. The third-order valence-electron chi connectivity index (χ3n) is 4.31. The Morgan fingerprint density at radius 1 is 1.14 bits per heavy atom. The highest BCUT2D eigenvalue weighted by Gasteiger charge is 2.18. The summed E-state index contributed by atoms with van der Waals surface area (Å²) in [6, 6.07) is 6.90. The maximum absolute atomic E-state index is 5.06. The van der Waals surface area contributed by atoms with E-state index in [0.717, 1.165) is 32.2 Å². The molecule has 118 valence electrons. The van der Waals surface area contributed by atoms with Crippen molar-refractivity contribution >= 4 is 0 Å². The molecule has 3 nitrogen and oxygen atoms in total. The predicted octanol–water partition coefficient (Wildman–Crippen LogP) is 2.75. The van der Waals surface area contributed by atoms with Crippen LogP contribution >= 0.6 is 0 Å². The zero-order valence-corrected chi connectivity index (χ0v) is 13.8. The van der Waals surface area contributed by atoms with Crippen molar-refractivity contribution in [3.63, 3.8) is 0 Å². The van der Waals surface area contributed by atoms with Gasteiger partial charge in [0.05, 0.1) is 6.61 Å². The van der Waals surface area contributed by atoms with E-state index in [1.165, 1.54) is 42.6 Å². The van der Waals surface area contributed by atoms with Crippen molar-refractivity contribution < 1.29 is 4.74 Å². The lowest BCUT2D eigenvalue weighted by Gasteiger charge is -2.32. The van der Waals surface area contributed by atoms with Crippen LogP contribution < -0.4 is 5.32 Å².